The molecular weight excluding hydrogens is 166 g/mol. The standard InChI is InChI=1S/C9H15N3O/c1-7-8(4-12(3)11-7)13-9(2)5-10-6-9/h4,10H,5-6H2,1-3H3. The Kier molecular flexibility index (Phi) is 1.80. The molecule has 1 aromatic rings. The van der Waals surface area contributed by atoms with Crippen molar-refractivity contribution in [1.29, 1.82) is 0 Å². The van der Waals surface area contributed by atoms with Gasteiger partial charge in [0.2, 0.25) is 0 Å². The van der Waals surface area contributed by atoms with Gasteiger partial charge in [0.05, 0.1) is 6.20 Å². The predicted molar refractivity (Wildman–Crippen MR) is 49.8 cm³/mol. The van der Waals surface area contributed by atoms with Crippen molar-refractivity contribution in [3.63, 3.8) is 0 Å². The fourth-order valence-corrected chi connectivity index (χ4v) is 1.49. The lowest BCUT2D eigenvalue weighted by Crippen LogP contribution is -2.61. The van der Waals surface area contributed by atoms with Crippen LogP contribution in [0.2, 0.25) is 0 Å². The monoisotopic (exact) mass is 181 g/mol. The van der Waals surface area contributed by atoms with Gasteiger partial charge in [-0.1, -0.05) is 0 Å². The third kappa shape index (κ3) is 1.54. The van der Waals surface area contributed by atoms with Gasteiger partial charge in [-0.3, -0.25) is 4.68 Å². The molecule has 1 fully saturated rings. The highest BCUT2D eigenvalue weighted by Gasteiger charge is 2.34. The van der Waals surface area contributed by atoms with E-state index in [2.05, 4.69) is 17.3 Å². The quantitative estimate of drug-likeness (QED) is 0.721. The van der Waals surface area contributed by atoms with Gasteiger partial charge in [0.25, 0.3) is 0 Å². The Bertz CT molecular complexity index is 315. The summed E-state index contributed by atoms with van der Waals surface area (Å²) < 4.78 is 7.62. The van der Waals surface area contributed by atoms with Crippen LogP contribution < -0.4 is 10.1 Å². The minimum absolute atomic E-state index is 0.0339. The average molecular weight is 181 g/mol. The van der Waals surface area contributed by atoms with Crippen LogP contribution in [0.25, 0.3) is 0 Å². The number of nitrogens with zero attached hydrogens (tertiary/aromatic N) is 2. The largest absolute Gasteiger partial charge is 0.481 e. The van der Waals surface area contributed by atoms with E-state index >= 15 is 0 Å². The topological polar surface area (TPSA) is 39.1 Å². The van der Waals surface area contributed by atoms with E-state index < -0.39 is 0 Å². The Hall–Kier alpha value is -1.03. The van der Waals surface area contributed by atoms with Crippen molar-refractivity contribution in [3.05, 3.63) is 11.9 Å². The van der Waals surface area contributed by atoms with Gasteiger partial charge in [-0.05, 0) is 13.8 Å². The van der Waals surface area contributed by atoms with Crippen molar-refractivity contribution in [2.24, 2.45) is 7.05 Å². The molecule has 0 aromatic carbocycles. The molecule has 0 saturated carbocycles. The fraction of sp³-hybridized carbons (Fsp3) is 0.667. The van der Waals surface area contributed by atoms with Crippen LogP contribution in [-0.4, -0.2) is 28.5 Å². The minimum atomic E-state index is -0.0339. The van der Waals surface area contributed by atoms with Crippen molar-refractivity contribution in [1.82, 2.24) is 15.1 Å². The predicted octanol–water partition coefficient (Wildman–Crippen LogP) is 0.469. The van der Waals surface area contributed by atoms with Crippen LogP contribution in [0.15, 0.2) is 6.20 Å². The summed E-state index contributed by atoms with van der Waals surface area (Å²) in [4.78, 5) is 0. The molecule has 1 aromatic heterocycles. The number of aromatic nitrogens is 2. The zero-order chi connectivity index (χ0) is 9.47. The zero-order valence-corrected chi connectivity index (χ0v) is 8.29. The molecule has 0 unspecified atom stereocenters. The molecule has 0 amide bonds. The molecule has 0 atom stereocenters. The SMILES string of the molecule is Cc1nn(C)cc1OC1(C)CNC1. The molecule has 72 valence electrons. The van der Waals surface area contributed by atoms with E-state index in [-0.39, 0.29) is 5.60 Å². The van der Waals surface area contributed by atoms with E-state index in [1.807, 2.05) is 20.2 Å². The maximum atomic E-state index is 5.84. The Morgan fingerprint density at radius 3 is 2.69 bits per heavy atom. The molecule has 4 heteroatoms. The molecule has 1 N–H and O–H groups in total. The van der Waals surface area contributed by atoms with E-state index in [9.17, 15) is 0 Å². The first kappa shape index (κ1) is 8.56. The van der Waals surface area contributed by atoms with Crippen LogP contribution in [0.1, 0.15) is 12.6 Å². The molecule has 2 rings (SSSR count). The molecule has 2 heterocycles. The second kappa shape index (κ2) is 2.73. The van der Waals surface area contributed by atoms with E-state index in [1.54, 1.807) is 4.68 Å². The molecule has 0 spiro atoms. The first-order valence-electron chi connectivity index (χ1n) is 4.49. The number of nitrogens with one attached hydrogen (secondary N) is 1. The van der Waals surface area contributed by atoms with Crippen molar-refractivity contribution < 1.29 is 4.74 Å². The molecule has 0 bridgehead atoms. The maximum absolute atomic E-state index is 5.84. The summed E-state index contributed by atoms with van der Waals surface area (Å²) in [6.07, 6.45) is 1.92. The van der Waals surface area contributed by atoms with Crippen LogP contribution in [0.5, 0.6) is 5.75 Å². The number of hydrogen-bond donors (Lipinski definition) is 1. The Morgan fingerprint density at radius 1 is 1.62 bits per heavy atom. The highest BCUT2D eigenvalue weighted by atomic mass is 16.5. The fourth-order valence-electron chi connectivity index (χ4n) is 1.49. The Morgan fingerprint density at radius 2 is 2.31 bits per heavy atom. The van der Waals surface area contributed by atoms with Gasteiger partial charge in [-0.15, -0.1) is 0 Å². The summed E-state index contributed by atoms with van der Waals surface area (Å²) >= 11 is 0. The van der Waals surface area contributed by atoms with Crippen LogP contribution in [0.4, 0.5) is 0 Å². The van der Waals surface area contributed by atoms with Gasteiger partial charge in [-0.25, -0.2) is 0 Å². The van der Waals surface area contributed by atoms with Crippen LogP contribution in [-0.2, 0) is 7.05 Å². The van der Waals surface area contributed by atoms with Gasteiger partial charge in [0.1, 0.15) is 11.3 Å². The van der Waals surface area contributed by atoms with Gasteiger partial charge in [-0.2, -0.15) is 5.10 Å². The van der Waals surface area contributed by atoms with Crippen molar-refractivity contribution >= 4 is 0 Å². The molecule has 0 aliphatic carbocycles. The molecule has 1 saturated heterocycles. The summed E-state index contributed by atoms with van der Waals surface area (Å²) in [7, 11) is 1.90. The molecule has 4 nitrogen and oxygen atoms in total. The van der Waals surface area contributed by atoms with Crippen LogP contribution >= 0.6 is 0 Å². The van der Waals surface area contributed by atoms with E-state index in [4.69, 9.17) is 4.74 Å². The summed E-state index contributed by atoms with van der Waals surface area (Å²) in [5.41, 5.74) is 0.920. The number of rotatable bonds is 2. The van der Waals surface area contributed by atoms with Crippen LogP contribution in [0, 0.1) is 6.92 Å². The lowest BCUT2D eigenvalue weighted by atomic mass is 10.00. The third-order valence-electron chi connectivity index (χ3n) is 2.32. The molecule has 1 aliphatic rings. The van der Waals surface area contributed by atoms with Gasteiger partial charge >= 0.3 is 0 Å². The van der Waals surface area contributed by atoms with E-state index in [0.717, 1.165) is 24.5 Å². The smallest absolute Gasteiger partial charge is 0.161 e. The Labute approximate surface area is 77.9 Å². The molecule has 0 radical (unpaired) electrons. The van der Waals surface area contributed by atoms with Gasteiger partial charge in [0, 0.05) is 20.1 Å². The van der Waals surface area contributed by atoms with Crippen molar-refractivity contribution in [2.45, 2.75) is 19.4 Å². The van der Waals surface area contributed by atoms with Gasteiger partial charge < -0.3 is 10.1 Å². The molecular formula is C9H15N3O. The first-order chi connectivity index (χ1) is 6.09. The van der Waals surface area contributed by atoms with Gasteiger partial charge in [0.15, 0.2) is 5.75 Å². The van der Waals surface area contributed by atoms with Crippen LogP contribution in [0.3, 0.4) is 0 Å². The normalized spacial score (nSPS) is 19.6. The molecule has 13 heavy (non-hydrogen) atoms. The first-order valence-corrected chi connectivity index (χ1v) is 4.49. The van der Waals surface area contributed by atoms with E-state index in [0.29, 0.717) is 0 Å². The second-order valence-electron chi connectivity index (χ2n) is 3.91. The van der Waals surface area contributed by atoms with Crippen molar-refractivity contribution in [2.75, 3.05) is 13.1 Å². The zero-order valence-electron chi connectivity index (χ0n) is 8.29. The lowest BCUT2D eigenvalue weighted by molar-refractivity contribution is 0.0341. The molecule has 1 aliphatic heterocycles. The summed E-state index contributed by atoms with van der Waals surface area (Å²) in [5, 5.41) is 7.42. The lowest BCUT2D eigenvalue weighted by Gasteiger charge is -2.39. The summed E-state index contributed by atoms with van der Waals surface area (Å²) in [6.45, 7) is 5.91. The summed E-state index contributed by atoms with van der Waals surface area (Å²) in [5.74, 6) is 0.895. The minimum Gasteiger partial charge on any atom is -0.481 e. The Balaban J connectivity index is 2.12. The van der Waals surface area contributed by atoms with E-state index in [1.165, 1.54) is 0 Å². The van der Waals surface area contributed by atoms with Crippen molar-refractivity contribution in [3.8, 4) is 5.75 Å². The average Bonchev–Trinajstić information content (AvgIpc) is 2.27. The highest BCUT2D eigenvalue weighted by Crippen LogP contribution is 2.23. The number of aryl methyl sites for hydroxylation is 2. The third-order valence-corrected chi connectivity index (χ3v) is 2.32. The highest BCUT2D eigenvalue weighted by molar-refractivity contribution is 5.24. The maximum Gasteiger partial charge on any atom is 0.161 e. The second-order valence-corrected chi connectivity index (χ2v) is 3.91. The number of hydrogen-bond acceptors (Lipinski definition) is 3. The number of ether oxygens (including phenoxy) is 1. The summed E-state index contributed by atoms with van der Waals surface area (Å²) in [6, 6.07) is 0.